The van der Waals surface area contributed by atoms with Crippen molar-refractivity contribution in [2.24, 2.45) is 7.05 Å². The molecule has 0 saturated carbocycles. The molecule has 36 heavy (non-hydrogen) atoms. The van der Waals surface area contributed by atoms with Gasteiger partial charge < -0.3 is 4.42 Å². The maximum Gasteiger partial charge on any atom is 0.295 e. The standard InChI is InChI=1S/C32H30N3O/c1-21-19-29-25(33-31(36-29)32(2,3)4)20-24(21)30-34(5)27-17-11-12-18-28(27)35(30)26-16-10-9-15-23(26)22-13-7-6-8-14-22/h6-20H,1-5H3/q+1. The van der Waals surface area contributed by atoms with Gasteiger partial charge in [-0.3, -0.25) is 0 Å². The Hall–Kier alpha value is -4.18. The van der Waals surface area contributed by atoms with Crippen molar-refractivity contribution < 1.29 is 8.98 Å². The Balaban J connectivity index is 1.68. The smallest absolute Gasteiger partial charge is 0.295 e. The van der Waals surface area contributed by atoms with E-state index in [0.29, 0.717) is 0 Å². The first kappa shape index (κ1) is 22.3. The number of imidazole rings is 1. The van der Waals surface area contributed by atoms with Crippen molar-refractivity contribution in [2.75, 3.05) is 0 Å². The molecule has 0 aliphatic carbocycles. The number of benzene rings is 4. The van der Waals surface area contributed by atoms with Crippen LogP contribution in [0.5, 0.6) is 0 Å². The van der Waals surface area contributed by atoms with Crippen LogP contribution in [0.15, 0.2) is 95.4 Å². The minimum absolute atomic E-state index is 0.152. The molecule has 2 heterocycles. The first-order valence-corrected chi connectivity index (χ1v) is 12.4. The maximum absolute atomic E-state index is 6.16. The molecule has 0 N–H and O–H groups in total. The third-order valence-corrected chi connectivity index (χ3v) is 6.86. The highest BCUT2D eigenvalue weighted by atomic mass is 16.3. The van der Waals surface area contributed by atoms with Gasteiger partial charge >= 0.3 is 0 Å². The second kappa shape index (κ2) is 8.20. The number of hydrogen-bond donors (Lipinski definition) is 0. The second-order valence-electron chi connectivity index (χ2n) is 10.5. The van der Waals surface area contributed by atoms with Gasteiger partial charge in [0.15, 0.2) is 16.6 Å². The molecule has 4 nitrogen and oxygen atoms in total. The Kier molecular flexibility index (Phi) is 5.08. The van der Waals surface area contributed by atoms with Crippen molar-refractivity contribution in [1.29, 1.82) is 0 Å². The Labute approximate surface area is 211 Å². The summed E-state index contributed by atoms with van der Waals surface area (Å²) in [6.45, 7) is 8.54. The van der Waals surface area contributed by atoms with E-state index in [-0.39, 0.29) is 5.41 Å². The van der Waals surface area contributed by atoms with Gasteiger partial charge in [0.2, 0.25) is 5.89 Å². The summed E-state index contributed by atoms with van der Waals surface area (Å²) < 4.78 is 10.8. The lowest BCUT2D eigenvalue weighted by Crippen LogP contribution is -2.30. The van der Waals surface area contributed by atoms with Crippen LogP contribution in [0.1, 0.15) is 32.2 Å². The molecule has 6 rings (SSSR count). The summed E-state index contributed by atoms with van der Waals surface area (Å²) in [4.78, 5) is 4.88. The molecule has 2 aromatic heterocycles. The van der Waals surface area contributed by atoms with Crippen LogP contribution in [0.3, 0.4) is 0 Å². The van der Waals surface area contributed by atoms with Crippen molar-refractivity contribution in [2.45, 2.75) is 33.1 Å². The normalized spacial score (nSPS) is 12.0. The molecule has 0 unspecified atom stereocenters. The van der Waals surface area contributed by atoms with Crippen LogP contribution in [0.4, 0.5) is 0 Å². The van der Waals surface area contributed by atoms with Crippen molar-refractivity contribution in [3.63, 3.8) is 0 Å². The third-order valence-electron chi connectivity index (χ3n) is 6.86. The minimum Gasteiger partial charge on any atom is -0.440 e. The Morgan fingerprint density at radius 2 is 1.50 bits per heavy atom. The molecule has 0 aliphatic heterocycles. The first-order valence-electron chi connectivity index (χ1n) is 12.4. The van der Waals surface area contributed by atoms with E-state index in [9.17, 15) is 0 Å². The van der Waals surface area contributed by atoms with Crippen LogP contribution in [-0.2, 0) is 12.5 Å². The fourth-order valence-electron chi connectivity index (χ4n) is 5.03. The summed E-state index contributed by atoms with van der Waals surface area (Å²) in [6.07, 6.45) is 0. The summed E-state index contributed by atoms with van der Waals surface area (Å²) >= 11 is 0. The molecule has 0 radical (unpaired) electrons. The highest BCUT2D eigenvalue weighted by molar-refractivity contribution is 5.87. The highest BCUT2D eigenvalue weighted by Gasteiger charge is 2.30. The number of fused-ring (bicyclic) bond motifs is 2. The molecule has 0 spiro atoms. The Morgan fingerprint density at radius 1 is 0.806 bits per heavy atom. The highest BCUT2D eigenvalue weighted by Crippen LogP contribution is 2.36. The zero-order valence-electron chi connectivity index (χ0n) is 21.4. The zero-order valence-corrected chi connectivity index (χ0v) is 21.4. The quantitative estimate of drug-likeness (QED) is 0.249. The average molecular weight is 473 g/mol. The fourth-order valence-corrected chi connectivity index (χ4v) is 5.03. The molecule has 0 saturated heterocycles. The van der Waals surface area contributed by atoms with E-state index >= 15 is 0 Å². The summed E-state index contributed by atoms with van der Waals surface area (Å²) in [5.41, 5.74) is 9.71. The molecule has 4 aromatic carbocycles. The predicted octanol–water partition coefficient (Wildman–Crippen LogP) is 7.54. The average Bonchev–Trinajstić information content (AvgIpc) is 3.43. The number of rotatable bonds is 3. The Morgan fingerprint density at radius 3 is 2.28 bits per heavy atom. The summed E-state index contributed by atoms with van der Waals surface area (Å²) in [5, 5.41) is 0. The lowest BCUT2D eigenvalue weighted by atomic mass is 9.97. The van der Waals surface area contributed by atoms with Crippen LogP contribution < -0.4 is 4.57 Å². The number of nitrogens with zero attached hydrogens (tertiary/aromatic N) is 3. The van der Waals surface area contributed by atoms with E-state index < -0.39 is 0 Å². The molecular formula is C32H30N3O+. The van der Waals surface area contributed by atoms with Gasteiger partial charge in [0.25, 0.3) is 5.82 Å². The summed E-state index contributed by atoms with van der Waals surface area (Å²) in [6, 6.07) is 32.1. The van der Waals surface area contributed by atoms with Gasteiger partial charge in [0.1, 0.15) is 11.2 Å². The molecule has 0 atom stereocenters. The van der Waals surface area contributed by atoms with E-state index in [1.54, 1.807) is 0 Å². The van der Waals surface area contributed by atoms with Gasteiger partial charge in [0.05, 0.1) is 12.6 Å². The molecular weight excluding hydrogens is 442 g/mol. The SMILES string of the molecule is Cc1cc2oc(C(C)(C)C)nc2cc1-c1n(-c2ccccc2-c2ccccc2)c2ccccc2[n+]1C. The van der Waals surface area contributed by atoms with Gasteiger partial charge in [0, 0.05) is 11.0 Å². The van der Waals surface area contributed by atoms with E-state index in [1.807, 2.05) is 0 Å². The Bertz CT molecular complexity index is 1730. The van der Waals surface area contributed by atoms with E-state index in [0.717, 1.165) is 45.1 Å². The topological polar surface area (TPSA) is 34.8 Å². The van der Waals surface area contributed by atoms with Crippen molar-refractivity contribution in [1.82, 2.24) is 9.55 Å². The minimum atomic E-state index is -0.152. The number of para-hydroxylation sites is 3. The zero-order chi connectivity index (χ0) is 25.0. The monoisotopic (exact) mass is 472 g/mol. The number of hydrogen-bond acceptors (Lipinski definition) is 2. The van der Waals surface area contributed by atoms with Crippen LogP contribution in [0, 0.1) is 6.92 Å². The van der Waals surface area contributed by atoms with Gasteiger partial charge in [-0.2, -0.15) is 4.57 Å². The lowest BCUT2D eigenvalue weighted by molar-refractivity contribution is -0.633. The molecule has 0 amide bonds. The maximum atomic E-state index is 6.16. The fraction of sp³-hybridized carbons (Fsp3) is 0.188. The van der Waals surface area contributed by atoms with Crippen LogP contribution in [0.2, 0.25) is 0 Å². The summed E-state index contributed by atoms with van der Waals surface area (Å²) in [5.74, 6) is 1.87. The largest absolute Gasteiger partial charge is 0.440 e. The molecule has 178 valence electrons. The lowest BCUT2D eigenvalue weighted by Gasteiger charge is -2.11. The van der Waals surface area contributed by atoms with Crippen LogP contribution in [-0.4, -0.2) is 9.55 Å². The van der Waals surface area contributed by atoms with E-state index in [4.69, 9.17) is 9.40 Å². The van der Waals surface area contributed by atoms with Crippen LogP contribution in [0.25, 0.3) is 50.3 Å². The molecule has 0 fully saturated rings. The van der Waals surface area contributed by atoms with Crippen molar-refractivity contribution in [3.8, 4) is 28.2 Å². The van der Waals surface area contributed by atoms with Crippen molar-refractivity contribution in [3.05, 3.63) is 102 Å². The van der Waals surface area contributed by atoms with Gasteiger partial charge in [-0.15, -0.1) is 0 Å². The van der Waals surface area contributed by atoms with E-state index in [2.05, 4.69) is 135 Å². The number of oxazole rings is 1. The third kappa shape index (κ3) is 3.53. The summed E-state index contributed by atoms with van der Waals surface area (Å²) in [7, 11) is 2.15. The number of aromatic nitrogens is 3. The molecule has 0 bridgehead atoms. The first-order chi connectivity index (χ1) is 17.3. The molecule has 0 aliphatic rings. The predicted molar refractivity (Wildman–Crippen MR) is 146 cm³/mol. The van der Waals surface area contributed by atoms with E-state index in [1.165, 1.54) is 16.6 Å². The van der Waals surface area contributed by atoms with Crippen molar-refractivity contribution >= 4 is 22.1 Å². The second-order valence-corrected chi connectivity index (χ2v) is 10.5. The van der Waals surface area contributed by atoms with Gasteiger partial charge in [-0.1, -0.05) is 81.4 Å². The molecule has 6 aromatic rings. The molecule has 4 heteroatoms. The van der Waals surface area contributed by atoms with Crippen LogP contribution >= 0.6 is 0 Å². The van der Waals surface area contributed by atoms with Gasteiger partial charge in [-0.05, 0) is 48.4 Å². The number of aryl methyl sites for hydroxylation is 2. The van der Waals surface area contributed by atoms with Gasteiger partial charge in [-0.25, -0.2) is 9.55 Å².